The van der Waals surface area contributed by atoms with Crippen molar-refractivity contribution in [2.24, 2.45) is 5.92 Å². The number of ether oxygens (including phenoxy) is 2. The molecule has 0 aromatic heterocycles. The smallest absolute Gasteiger partial charge is 0.0774 e. The van der Waals surface area contributed by atoms with E-state index in [-0.39, 0.29) is 0 Å². The average molecular weight is 271 g/mol. The molecular formula is C16H33NO2. The van der Waals surface area contributed by atoms with Gasteiger partial charge in [0.05, 0.1) is 18.8 Å². The fraction of sp³-hybridized carbons (Fsp3) is 1.00. The second-order valence-corrected chi connectivity index (χ2v) is 5.73. The maximum atomic E-state index is 5.84. The van der Waals surface area contributed by atoms with E-state index in [1.165, 1.54) is 32.1 Å². The molecule has 3 nitrogen and oxygen atoms in total. The lowest BCUT2D eigenvalue weighted by atomic mass is 9.82. The monoisotopic (exact) mass is 271 g/mol. The summed E-state index contributed by atoms with van der Waals surface area (Å²) in [5, 5.41) is 3.63. The molecule has 0 aromatic carbocycles. The summed E-state index contributed by atoms with van der Waals surface area (Å²) in [5.41, 5.74) is 0. The largest absolute Gasteiger partial charge is 0.380 e. The topological polar surface area (TPSA) is 30.5 Å². The van der Waals surface area contributed by atoms with Crippen molar-refractivity contribution in [1.29, 1.82) is 0 Å². The Morgan fingerprint density at radius 3 is 2.42 bits per heavy atom. The van der Waals surface area contributed by atoms with Gasteiger partial charge in [-0.3, -0.25) is 0 Å². The zero-order chi connectivity index (χ0) is 13.9. The van der Waals surface area contributed by atoms with E-state index in [4.69, 9.17) is 9.47 Å². The van der Waals surface area contributed by atoms with Crippen LogP contribution in [-0.2, 0) is 9.47 Å². The molecular weight excluding hydrogens is 238 g/mol. The molecule has 0 saturated heterocycles. The van der Waals surface area contributed by atoms with Crippen molar-refractivity contribution in [2.45, 2.75) is 70.9 Å². The molecule has 2 unspecified atom stereocenters. The molecule has 1 saturated carbocycles. The lowest BCUT2D eigenvalue weighted by Gasteiger charge is -2.35. The van der Waals surface area contributed by atoms with E-state index < -0.39 is 0 Å². The van der Waals surface area contributed by atoms with E-state index in [2.05, 4.69) is 19.2 Å². The number of nitrogens with one attached hydrogen (secondary N) is 1. The third-order valence-electron chi connectivity index (χ3n) is 4.09. The van der Waals surface area contributed by atoms with Gasteiger partial charge in [0.1, 0.15) is 0 Å². The minimum absolute atomic E-state index is 0.309. The van der Waals surface area contributed by atoms with Gasteiger partial charge in [-0.25, -0.2) is 0 Å². The standard InChI is InChI=1S/C16H33NO2/c1-4-11-17-15(13-19-12-5-2)16(18-3)14-9-7-6-8-10-14/h14-17H,4-13H2,1-3H3. The van der Waals surface area contributed by atoms with Gasteiger partial charge in [0.25, 0.3) is 0 Å². The summed E-state index contributed by atoms with van der Waals surface area (Å²) in [4.78, 5) is 0. The first-order chi connectivity index (χ1) is 9.33. The second-order valence-electron chi connectivity index (χ2n) is 5.73. The van der Waals surface area contributed by atoms with Crippen molar-refractivity contribution < 1.29 is 9.47 Å². The summed E-state index contributed by atoms with van der Waals surface area (Å²) >= 11 is 0. The van der Waals surface area contributed by atoms with E-state index in [9.17, 15) is 0 Å². The molecule has 0 aromatic rings. The first kappa shape index (κ1) is 16.9. The van der Waals surface area contributed by atoms with Crippen molar-refractivity contribution in [2.75, 3.05) is 26.9 Å². The van der Waals surface area contributed by atoms with Crippen LogP contribution in [0.25, 0.3) is 0 Å². The predicted molar refractivity (Wildman–Crippen MR) is 80.6 cm³/mol. The van der Waals surface area contributed by atoms with Gasteiger partial charge in [-0.15, -0.1) is 0 Å². The van der Waals surface area contributed by atoms with Crippen LogP contribution in [0.1, 0.15) is 58.8 Å². The first-order valence-corrected chi connectivity index (χ1v) is 8.17. The Morgan fingerprint density at radius 1 is 1.11 bits per heavy atom. The SMILES string of the molecule is CCCNC(COCCC)C(OC)C1CCCCC1. The van der Waals surface area contributed by atoms with E-state index >= 15 is 0 Å². The van der Waals surface area contributed by atoms with Crippen molar-refractivity contribution in [3.8, 4) is 0 Å². The molecule has 0 radical (unpaired) electrons. The maximum absolute atomic E-state index is 5.84. The Morgan fingerprint density at radius 2 is 1.84 bits per heavy atom. The molecule has 0 bridgehead atoms. The van der Waals surface area contributed by atoms with Crippen LogP contribution < -0.4 is 5.32 Å². The van der Waals surface area contributed by atoms with Gasteiger partial charge >= 0.3 is 0 Å². The van der Waals surface area contributed by atoms with Crippen molar-refractivity contribution in [3.63, 3.8) is 0 Å². The zero-order valence-corrected chi connectivity index (χ0v) is 13.1. The van der Waals surface area contributed by atoms with Gasteiger partial charge in [-0.2, -0.15) is 0 Å². The average Bonchev–Trinajstić information content (AvgIpc) is 2.46. The zero-order valence-electron chi connectivity index (χ0n) is 13.1. The third kappa shape index (κ3) is 6.24. The Balaban J connectivity index is 2.50. The highest BCUT2D eigenvalue weighted by atomic mass is 16.5. The molecule has 2 atom stereocenters. The molecule has 0 heterocycles. The van der Waals surface area contributed by atoms with Crippen molar-refractivity contribution in [3.05, 3.63) is 0 Å². The third-order valence-corrected chi connectivity index (χ3v) is 4.09. The summed E-state index contributed by atoms with van der Waals surface area (Å²) in [5.74, 6) is 0.707. The lowest BCUT2D eigenvalue weighted by molar-refractivity contribution is -0.0202. The molecule has 0 amide bonds. The maximum Gasteiger partial charge on any atom is 0.0774 e. The van der Waals surface area contributed by atoms with Crippen LogP contribution >= 0.6 is 0 Å². The van der Waals surface area contributed by atoms with Gasteiger partial charge in [0, 0.05) is 13.7 Å². The van der Waals surface area contributed by atoms with E-state index in [1.807, 2.05) is 7.11 Å². The van der Waals surface area contributed by atoms with Gasteiger partial charge in [-0.1, -0.05) is 33.1 Å². The summed E-state index contributed by atoms with van der Waals surface area (Å²) in [6.07, 6.45) is 9.30. The molecule has 1 fully saturated rings. The van der Waals surface area contributed by atoms with Crippen LogP contribution in [0.5, 0.6) is 0 Å². The molecule has 0 aliphatic heterocycles. The fourth-order valence-corrected chi connectivity index (χ4v) is 3.10. The molecule has 1 N–H and O–H groups in total. The highest BCUT2D eigenvalue weighted by molar-refractivity contribution is 4.84. The Kier molecular flexibility index (Phi) is 9.48. The number of rotatable bonds is 10. The quantitative estimate of drug-likeness (QED) is 0.618. The number of methoxy groups -OCH3 is 1. The van der Waals surface area contributed by atoms with Gasteiger partial charge < -0.3 is 14.8 Å². The highest BCUT2D eigenvalue weighted by Crippen LogP contribution is 2.29. The van der Waals surface area contributed by atoms with Crippen molar-refractivity contribution in [1.82, 2.24) is 5.32 Å². The first-order valence-electron chi connectivity index (χ1n) is 8.17. The van der Waals surface area contributed by atoms with Crippen LogP contribution in [0.15, 0.2) is 0 Å². The molecule has 0 spiro atoms. The normalized spacial score (nSPS) is 20.4. The molecule has 3 heteroatoms. The summed E-state index contributed by atoms with van der Waals surface area (Å²) in [6.45, 7) is 7.05. The highest BCUT2D eigenvalue weighted by Gasteiger charge is 2.30. The van der Waals surface area contributed by atoms with Gasteiger partial charge in [0.2, 0.25) is 0 Å². The van der Waals surface area contributed by atoms with Crippen molar-refractivity contribution >= 4 is 0 Å². The van der Waals surface area contributed by atoms with E-state index in [1.54, 1.807) is 0 Å². The minimum Gasteiger partial charge on any atom is -0.380 e. The van der Waals surface area contributed by atoms with Crippen LogP contribution in [0.4, 0.5) is 0 Å². The van der Waals surface area contributed by atoms with E-state index in [0.717, 1.165) is 32.6 Å². The summed E-state index contributed by atoms with van der Waals surface area (Å²) in [6, 6.07) is 0.347. The molecule has 19 heavy (non-hydrogen) atoms. The van der Waals surface area contributed by atoms with Crippen LogP contribution in [0.3, 0.4) is 0 Å². The molecule has 1 aliphatic carbocycles. The van der Waals surface area contributed by atoms with Crippen LogP contribution in [0.2, 0.25) is 0 Å². The lowest BCUT2D eigenvalue weighted by Crippen LogP contribution is -2.48. The van der Waals surface area contributed by atoms with E-state index in [0.29, 0.717) is 18.1 Å². The van der Waals surface area contributed by atoms with Crippen LogP contribution in [0, 0.1) is 5.92 Å². The number of hydrogen-bond acceptors (Lipinski definition) is 3. The van der Waals surface area contributed by atoms with Gasteiger partial charge in [-0.05, 0) is 38.1 Å². The molecule has 114 valence electrons. The number of hydrogen-bond donors (Lipinski definition) is 1. The minimum atomic E-state index is 0.309. The van der Waals surface area contributed by atoms with Gasteiger partial charge in [0.15, 0.2) is 0 Å². The fourth-order valence-electron chi connectivity index (χ4n) is 3.10. The molecule has 1 rings (SSSR count). The second kappa shape index (κ2) is 10.6. The Hall–Kier alpha value is -0.120. The Bertz CT molecular complexity index is 205. The summed E-state index contributed by atoms with van der Waals surface area (Å²) < 4.78 is 11.6. The van der Waals surface area contributed by atoms with Crippen LogP contribution in [-0.4, -0.2) is 39.0 Å². The Labute approximate surface area is 119 Å². The predicted octanol–water partition coefficient (Wildman–Crippen LogP) is 3.38. The molecule has 1 aliphatic rings. The summed E-state index contributed by atoms with van der Waals surface area (Å²) in [7, 11) is 1.86.